The van der Waals surface area contributed by atoms with E-state index in [0.29, 0.717) is 12.4 Å². The molecule has 0 radical (unpaired) electrons. The molecule has 0 aliphatic carbocycles. The third-order valence-electron chi connectivity index (χ3n) is 4.31. The van der Waals surface area contributed by atoms with Gasteiger partial charge in [-0.3, -0.25) is 25.2 Å². The molecule has 2 rings (SSSR count). The lowest BCUT2D eigenvalue weighted by Crippen LogP contribution is -2.43. The summed E-state index contributed by atoms with van der Waals surface area (Å²) in [5.74, 6) is -0.838. The second-order valence-corrected chi connectivity index (χ2v) is 6.69. The number of hydrogen-bond acceptors (Lipinski definition) is 5. The maximum absolute atomic E-state index is 11.7. The van der Waals surface area contributed by atoms with Crippen LogP contribution in [-0.4, -0.2) is 31.0 Å². The maximum Gasteiger partial charge on any atom is 0.306 e. The fourth-order valence-electron chi connectivity index (χ4n) is 2.60. The van der Waals surface area contributed by atoms with Gasteiger partial charge in [-0.05, 0) is 42.5 Å². The van der Waals surface area contributed by atoms with Crippen molar-refractivity contribution < 1.29 is 23.9 Å². The monoisotopic (exact) mass is 412 g/mol. The number of ether oxygens (including phenoxy) is 2. The Bertz CT molecular complexity index is 806. The summed E-state index contributed by atoms with van der Waals surface area (Å²) >= 11 is 0. The molecule has 0 unspecified atom stereocenters. The van der Waals surface area contributed by atoms with E-state index in [9.17, 15) is 14.4 Å². The summed E-state index contributed by atoms with van der Waals surface area (Å²) in [6.45, 7) is 2.13. The number of aryl methyl sites for hydroxylation is 2. The van der Waals surface area contributed by atoms with Gasteiger partial charge in [-0.1, -0.05) is 49.4 Å². The molecule has 0 heterocycles. The second kappa shape index (κ2) is 13.0. The van der Waals surface area contributed by atoms with Crippen molar-refractivity contribution >= 4 is 17.8 Å². The molecule has 0 atom stereocenters. The Balaban J connectivity index is 1.52. The Morgan fingerprint density at radius 3 is 2.23 bits per heavy atom. The first kappa shape index (κ1) is 22.9. The highest BCUT2D eigenvalue weighted by Crippen LogP contribution is 2.12. The van der Waals surface area contributed by atoms with Crippen LogP contribution in [0.5, 0.6) is 5.75 Å². The summed E-state index contributed by atoms with van der Waals surface area (Å²) < 4.78 is 10.5. The zero-order chi connectivity index (χ0) is 21.6. The second-order valence-electron chi connectivity index (χ2n) is 6.69. The summed E-state index contributed by atoms with van der Waals surface area (Å²) in [5, 5.41) is 0. The van der Waals surface area contributed by atoms with E-state index in [2.05, 4.69) is 17.8 Å². The summed E-state index contributed by atoms with van der Waals surface area (Å²) in [6, 6.07) is 17.4. The summed E-state index contributed by atoms with van der Waals surface area (Å²) in [5.41, 5.74) is 6.87. The van der Waals surface area contributed by atoms with Crippen molar-refractivity contribution in [2.75, 3.05) is 13.2 Å². The molecule has 7 heteroatoms. The van der Waals surface area contributed by atoms with E-state index in [4.69, 9.17) is 9.47 Å². The van der Waals surface area contributed by atoms with Crippen LogP contribution < -0.4 is 15.6 Å². The van der Waals surface area contributed by atoms with Crippen LogP contribution in [-0.2, 0) is 32.0 Å². The van der Waals surface area contributed by atoms with Gasteiger partial charge in [-0.25, -0.2) is 0 Å². The van der Waals surface area contributed by atoms with Crippen molar-refractivity contribution in [3.05, 3.63) is 65.7 Å². The van der Waals surface area contributed by atoms with E-state index in [1.165, 1.54) is 11.1 Å². The third-order valence-corrected chi connectivity index (χ3v) is 4.31. The highest BCUT2D eigenvalue weighted by atomic mass is 16.5. The van der Waals surface area contributed by atoms with E-state index < -0.39 is 17.8 Å². The van der Waals surface area contributed by atoms with E-state index in [1.807, 2.05) is 42.5 Å². The first-order valence-electron chi connectivity index (χ1n) is 10.1. The Morgan fingerprint density at radius 2 is 1.53 bits per heavy atom. The van der Waals surface area contributed by atoms with Gasteiger partial charge in [0.1, 0.15) is 5.75 Å². The number of carbonyl (C=O) groups excluding carboxylic acids is 3. The van der Waals surface area contributed by atoms with E-state index in [1.54, 1.807) is 12.1 Å². The molecular weight excluding hydrogens is 384 g/mol. The quantitative estimate of drug-likeness (QED) is 0.336. The molecule has 0 spiro atoms. The van der Waals surface area contributed by atoms with Gasteiger partial charge >= 0.3 is 5.97 Å². The first-order valence-corrected chi connectivity index (χ1v) is 10.1. The molecule has 0 saturated carbocycles. The zero-order valence-electron chi connectivity index (χ0n) is 17.2. The fraction of sp³-hybridized carbons (Fsp3) is 0.348. The molecule has 2 amide bonds. The van der Waals surface area contributed by atoms with Crippen molar-refractivity contribution in [3.63, 3.8) is 0 Å². The molecule has 0 saturated heterocycles. The van der Waals surface area contributed by atoms with E-state index in [0.717, 1.165) is 19.3 Å². The van der Waals surface area contributed by atoms with Crippen LogP contribution in [0.3, 0.4) is 0 Å². The van der Waals surface area contributed by atoms with Gasteiger partial charge in [0, 0.05) is 6.42 Å². The Labute approximate surface area is 176 Å². The predicted octanol–water partition coefficient (Wildman–Crippen LogP) is 2.73. The van der Waals surface area contributed by atoms with Crippen molar-refractivity contribution in [3.8, 4) is 5.75 Å². The lowest BCUT2D eigenvalue weighted by atomic mass is 10.1. The van der Waals surface area contributed by atoms with E-state index in [-0.39, 0.29) is 19.4 Å². The van der Waals surface area contributed by atoms with Crippen molar-refractivity contribution in [1.29, 1.82) is 0 Å². The largest absolute Gasteiger partial charge is 0.484 e. The van der Waals surface area contributed by atoms with Crippen LogP contribution in [0.15, 0.2) is 54.6 Å². The van der Waals surface area contributed by atoms with Gasteiger partial charge in [0.25, 0.3) is 5.91 Å². The molecule has 0 aliphatic rings. The number of amides is 2. The minimum atomic E-state index is -0.494. The smallest absolute Gasteiger partial charge is 0.306 e. The average molecular weight is 412 g/mol. The minimum Gasteiger partial charge on any atom is -0.484 e. The molecule has 7 nitrogen and oxygen atoms in total. The number of nitrogens with one attached hydrogen (secondary N) is 2. The molecule has 0 fully saturated rings. The lowest BCUT2D eigenvalue weighted by molar-refractivity contribution is -0.145. The van der Waals surface area contributed by atoms with Crippen LogP contribution in [0.1, 0.15) is 37.3 Å². The normalized spacial score (nSPS) is 10.2. The molecule has 0 aliphatic heterocycles. The van der Waals surface area contributed by atoms with E-state index >= 15 is 0 Å². The summed E-state index contributed by atoms with van der Waals surface area (Å²) in [6.07, 6.45) is 2.35. The molecule has 0 bridgehead atoms. The van der Waals surface area contributed by atoms with Gasteiger partial charge in [-0.15, -0.1) is 0 Å². The van der Waals surface area contributed by atoms with Gasteiger partial charge in [0.15, 0.2) is 6.61 Å². The fourth-order valence-corrected chi connectivity index (χ4v) is 2.60. The Morgan fingerprint density at radius 1 is 0.833 bits per heavy atom. The van der Waals surface area contributed by atoms with Crippen LogP contribution in [0, 0.1) is 0 Å². The van der Waals surface area contributed by atoms with Crippen LogP contribution in [0.4, 0.5) is 0 Å². The number of hydrogen-bond donors (Lipinski definition) is 2. The van der Waals surface area contributed by atoms with Gasteiger partial charge < -0.3 is 9.47 Å². The highest BCUT2D eigenvalue weighted by molar-refractivity contribution is 5.84. The number of carbonyl (C=O) groups is 3. The topological polar surface area (TPSA) is 93.7 Å². The van der Waals surface area contributed by atoms with Crippen molar-refractivity contribution in [2.45, 2.75) is 39.0 Å². The SMILES string of the molecule is CCc1ccc(OCC(=O)NNC(=O)CCC(=O)OCCCc2ccccc2)cc1. The van der Waals surface area contributed by atoms with Crippen LogP contribution in [0.2, 0.25) is 0 Å². The maximum atomic E-state index is 11.7. The average Bonchev–Trinajstić information content (AvgIpc) is 2.78. The number of rotatable bonds is 11. The Kier molecular flexibility index (Phi) is 9.92. The van der Waals surface area contributed by atoms with Crippen molar-refractivity contribution in [2.24, 2.45) is 0 Å². The third kappa shape index (κ3) is 9.23. The standard InChI is InChI=1S/C23H28N2O5/c1-2-18-10-12-20(13-11-18)30-17-22(27)25-24-21(26)14-15-23(28)29-16-6-9-19-7-4-3-5-8-19/h3-5,7-8,10-13H,2,6,9,14-17H2,1H3,(H,24,26)(H,25,27). The highest BCUT2D eigenvalue weighted by Gasteiger charge is 2.09. The summed E-state index contributed by atoms with van der Waals surface area (Å²) in [4.78, 5) is 35.2. The predicted molar refractivity (Wildman–Crippen MR) is 113 cm³/mol. The van der Waals surface area contributed by atoms with Crippen molar-refractivity contribution in [1.82, 2.24) is 10.9 Å². The molecule has 2 aromatic carbocycles. The molecule has 2 N–H and O–H groups in total. The Hall–Kier alpha value is -3.35. The molecule has 30 heavy (non-hydrogen) atoms. The molecular formula is C23H28N2O5. The van der Waals surface area contributed by atoms with Gasteiger partial charge in [-0.2, -0.15) is 0 Å². The zero-order valence-corrected chi connectivity index (χ0v) is 17.2. The molecule has 2 aromatic rings. The molecule has 0 aromatic heterocycles. The van der Waals surface area contributed by atoms with Gasteiger partial charge in [0.05, 0.1) is 13.0 Å². The first-order chi connectivity index (χ1) is 14.6. The number of benzene rings is 2. The van der Waals surface area contributed by atoms with Crippen LogP contribution >= 0.6 is 0 Å². The number of esters is 1. The summed E-state index contributed by atoms with van der Waals surface area (Å²) in [7, 11) is 0. The number of hydrazine groups is 1. The minimum absolute atomic E-state index is 0.0483. The van der Waals surface area contributed by atoms with Gasteiger partial charge in [0.2, 0.25) is 5.91 Å². The molecule has 160 valence electrons. The van der Waals surface area contributed by atoms with Crippen LogP contribution in [0.25, 0.3) is 0 Å². The lowest BCUT2D eigenvalue weighted by Gasteiger charge is -2.09.